The van der Waals surface area contributed by atoms with E-state index in [4.69, 9.17) is 15.9 Å². The zero-order chi connectivity index (χ0) is 20.5. The van der Waals surface area contributed by atoms with Gasteiger partial charge >= 0.3 is 0 Å². The van der Waals surface area contributed by atoms with Crippen molar-refractivity contribution in [2.24, 2.45) is 4.99 Å². The van der Waals surface area contributed by atoms with Gasteiger partial charge in [0, 0.05) is 13.6 Å². The van der Waals surface area contributed by atoms with Crippen molar-refractivity contribution in [2.75, 3.05) is 20.8 Å². The van der Waals surface area contributed by atoms with Crippen LogP contribution in [0.25, 0.3) is 0 Å². The van der Waals surface area contributed by atoms with E-state index in [1.165, 1.54) is 0 Å². The molecule has 1 atom stereocenters. The first-order valence-electron chi connectivity index (χ1n) is 8.95. The SMILES string of the molecule is C#CCOc1cc(CNC(=NC)NC(C)c2ccc(C)c(F)c2)ccc1OC. The molecule has 5 nitrogen and oxygen atoms in total. The number of nitrogens with one attached hydrogen (secondary N) is 2. The average molecular weight is 383 g/mol. The van der Waals surface area contributed by atoms with Crippen molar-refractivity contribution in [3.8, 4) is 23.8 Å². The minimum atomic E-state index is -0.216. The second-order valence-corrected chi connectivity index (χ2v) is 6.28. The molecule has 1 unspecified atom stereocenters. The highest BCUT2D eigenvalue weighted by atomic mass is 19.1. The van der Waals surface area contributed by atoms with Gasteiger partial charge in [-0.2, -0.15) is 0 Å². The molecule has 6 heteroatoms. The van der Waals surface area contributed by atoms with Gasteiger partial charge in [0.1, 0.15) is 12.4 Å². The van der Waals surface area contributed by atoms with E-state index in [-0.39, 0.29) is 18.5 Å². The zero-order valence-corrected chi connectivity index (χ0v) is 16.7. The number of hydrogen-bond donors (Lipinski definition) is 2. The summed E-state index contributed by atoms with van der Waals surface area (Å²) in [6.45, 7) is 4.39. The molecule has 2 aromatic rings. The number of terminal acetylenes is 1. The molecule has 2 rings (SSSR count). The molecule has 0 radical (unpaired) electrons. The fourth-order valence-electron chi connectivity index (χ4n) is 2.61. The van der Waals surface area contributed by atoms with Gasteiger partial charge in [0.05, 0.1) is 13.2 Å². The first kappa shape index (κ1) is 21.1. The van der Waals surface area contributed by atoms with E-state index in [9.17, 15) is 4.39 Å². The molecule has 0 amide bonds. The predicted octanol–water partition coefficient (Wildman–Crippen LogP) is 3.58. The van der Waals surface area contributed by atoms with Crippen molar-refractivity contribution in [3.05, 3.63) is 58.9 Å². The quantitative estimate of drug-likeness (QED) is 0.436. The summed E-state index contributed by atoms with van der Waals surface area (Å²) in [5.41, 5.74) is 2.45. The van der Waals surface area contributed by atoms with Crippen molar-refractivity contribution < 1.29 is 13.9 Å². The Labute approximate surface area is 166 Å². The number of methoxy groups -OCH3 is 1. The summed E-state index contributed by atoms with van der Waals surface area (Å²) in [6.07, 6.45) is 5.26. The van der Waals surface area contributed by atoms with Crippen LogP contribution in [0.5, 0.6) is 11.5 Å². The van der Waals surface area contributed by atoms with Gasteiger partial charge in [-0.1, -0.05) is 24.1 Å². The van der Waals surface area contributed by atoms with Crippen LogP contribution in [0.2, 0.25) is 0 Å². The summed E-state index contributed by atoms with van der Waals surface area (Å²) in [6, 6.07) is 10.7. The van der Waals surface area contributed by atoms with Crippen molar-refractivity contribution >= 4 is 5.96 Å². The van der Waals surface area contributed by atoms with Crippen molar-refractivity contribution in [1.29, 1.82) is 0 Å². The van der Waals surface area contributed by atoms with Crippen LogP contribution in [0.4, 0.5) is 4.39 Å². The molecule has 0 aliphatic carbocycles. The lowest BCUT2D eigenvalue weighted by Gasteiger charge is -2.19. The summed E-state index contributed by atoms with van der Waals surface area (Å²) in [4.78, 5) is 4.23. The van der Waals surface area contributed by atoms with Gasteiger partial charge < -0.3 is 20.1 Å². The highest BCUT2D eigenvalue weighted by molar-refractivity contribution is 5.80. The number of benzene rings is 2. The lowest BCUT2D eigenvalue weighted by Crippen LogP contribution is -2.38. The molecule has 2 N–H and O–H groups in total. The highest BCUT2D eigenvalue weighted by Crippen LogP contribution is 2.28. The average Bonchev–Trinajstić information content (AvgIpc) is 2.71. The van der Waals surface area contributed by atoms with Gasteiger partial charge in [0.15, 0.2) is 17.5 Å². The van der Waals surface area contributed by atoms with Crippen LogP contribution in [0.15, 0.2) is 41.4 Å². The maximum Gasteiger partial charge on any atom is 0.191 e. The summed E-state index contributed by atoms with van der Waals surface area (Å²) >= 11 is 0. The second-order valence-electron chi connectivity index (χ2n) is 6.28. The minimum Gasteiger partial charge on any atom is -0.493 e. The third kappa shape index (κ3) is 5.65. The highest BCUT2D eigenvalue weighted by Gasteiger charge is 2.11. The van der Waals surface area contributed by atoms with E-state index in [1.807, 2.05) is 31.2 Å². The number of halogens is 1. The Hall–Kier alpha value is -3.20. The molecule has 0 saturated carbocycles. The summed E-state index contributed by atoms with van der Waals surface area (Å²) in [5, 5.41) is 6.50. The lowest BCUT2D eigenvalue weighted by molar-refractivity contribution is 0.330. The summed E-state index contributed by atoms with van der Waals surface area (Å²) in [5.74, 6) is 4.04. The Morgan fingerprint density at radius 2 is 2.04 bits per heavy atom. The maximum absolute atomic E-state index is 13.8. The van der Waals surface area contributed by atoms with Gasteiger partial charge in [-0.05, 0) is 48.7 Å². The Balaban J connectivity index is 2.01. The van der Waals surface area contributed by atoms with Crippen LogP contribution in [-0.4, -0.2) is 26.7 Å². The fraction of sp³-hybridized carbons (Fsp3) is 0.318. The molecule has 0 fully saturated rings. The number of aryl methyl sites for hydroxylation is 1. The Morgan fingerprint density at radius 3 is 2.68 bits per heavy atom. The van der Waals surface area contributed by atoms with E-state index < -0.39 is 0 Å². The standard InChI is InChI=1S/C22H26FN3O2/c1-6-11-28-21-12-17(8-10-20(21)27-5)14-25-22(24-4)26-16(3)18-9-7-15(2)19(23)13-18/h1,7-10,12-13,16H,11,14H2,2-5H3,(H2,24,25,26). The molecular formula is C22H26FN3O2. The van der Waals surface area contributed by atoms with Gasteiger partial charge in [0.25, 0.3) is 0 Å². The van der Waals surface area contributed by atoms with Crippen LogP contribution >= 0.6 is 0 Å². The normalized spacial score (nSPS) is 12.1. The predicted molar refractivity (Wildman–Crippen MR) is 110 cm³/mol. The van der Waals surface area contributed by atoms with Crippen molar-refractivity contribution in [2.45, 2.75) is 26.4 Å². The molecular weight excluding hydrogens is 357 g/mol. The van der Waals surface area contributed by atoms with Gasteiger partial charge in [-0.15, -0.1) is 6.42 Å². The Bertz CT molecular complexity index is 875. The monoisotopic (exact) mass is 383 g/mol. The van der Waals surface area contributed by atoms with Crippen molar-refractivity contribution in [1.82, 2.24) is 10.6 Å². The minimum absolute atomic E-state index is 0.105. The first-order chi connectivity index (χ1) is 13.5. The van der Waals surface area contributed by atoms with Crippen molar-refractivity contribution in [3.63, 3.8) is 0 Å². The lowest BCUT2D eigenvalue weighted by atomic mass is 10.1. The molecule has 0 aromatic heterocycles. The molecule has 0 aliphatic heterocycles. The largest absolute Gasteiger partial charge is 0.493 e. The molecule has 0 bridgehead atoms. The van der Waals surface area contributed by atoms with Gasteiger partial charge in [0.2, 0.25) is 0 Å². The third-order valence-corrected chi connectivity index (χ3v) is 4.27. The summed E-state index contributed by atoms with van der Waals surface area (Å²) in [7, 11) is 3.27. The Kier molecular flexibility index (Phi) is 7.70. The van der Waals surface area contributed by atoms with Crippen LogP contribution in [0.1, 0.15) is 29.7 Å². The van der Waals surface area contributed by atoms with Crippen LogP contribution in [0, 0.1) is 25.1 Å². The van der Waals surface area contributed by atoms with Crippen LogP contribution < -0.4 is 20.1 Å². The summed E-state index contributed by atoms with van der Waals surface area (Å²) < 4.78 is 24.6. The van der Waals surface area contributed by atoms with Crippen LogP contribution in [0.3, 0.4) is 0 Å². The molecule has 148 valence electrons. The van der Waals surface area contributed by atoms with E-state index in [2.05, 4.69) is 21.5 Å². The Morgan fingerprint density at radius 1 is 1.25 bits per heavy atom. The molecule has 2 aromatic carbocycles. The number of rotatable bonds is 7. The van der Waals surface area contributed by atoms with E-state index in [0.29, 0.717) is 29.6 Å². The maximum atomic E-state index is 13.8. The number of aliphatic imine (C=N–C) groups is 1. The molecule has 0 saturated heterocycles. The van der Waals surface area contributed by atoms with E-state index in [1.54, 1.807) is 33.2 Å². The van der Waals surface area contributed by atoms with E-state index >= 15 is 0 Å². The topological polar surface area (TPSA) is 54.9 Å². The van der Waals surface area contributed by atoms with Crippen LogP contribution in [-0.2, 0) is 6.54 Å². The van der Waals surface area contributed by atoms with Gasteiger partial charge in [-0.25, -0.2) is 4.39 Å². The smallest absolute Gasteiger partial charge is 0.191 e. The first-order valence-corrected chi connectivity index (χ1v) is 8.95. The fourth-order valence-corrected chi connectivity index (χ4v) is 2.61. The number of hydrogen-bond acceptors (Lipinski definition) is 3. The number of ether oxygens (including phenoxy) is 2. The molecule has 0 aliphatic rings. The number of nitrogens with zero attached hydrogens (tertiary/aromatic N) is 1. The van der Waals surface area contributed by atoms with Gasteiger partial charge in [-0.3, -0.25) is 4.99 Å². The molecule has 0 spiro atoms. The molecule has 28 heavy (non-hydrogen) atoms. The van der Waals surface area contributed by atoms with E-state index in [0.717, 1.165) is 11.1 Å². The third-order valence-electron chi connectivity index (χ3n) is 4.27. The number of guanidine groups is 1. The second kappa shape index (κ2) is 10.2. The molecule has 0 heterocycles. The zero-order valence-electron chi connectivity index (χ0n) is 16.7.